The number of hydrogen-bond donors (Lipinski definition) is 0. The van der Waals surface area contributed by atoms with Gasteiger partial charge in [-0.3, -0.25) is 9.48 Å². The molecular weight excluding hydrogens is 299 g/mol. The van der Waals surface area contributed by atoms with Gasteiger partial charge in [0.15, 0.2) is 11.5 Å². The van der Waals surface area contributed by atoms with Crippen molar-refractivity contribution in [1.29, 1.82) is 0 Å². The molecule has 0 atom stereocenters. The minimum atomic E-state index is -0.461. The largest absolute Gasteiger partial charge is 0.337 e. The predicted molar refractivity (Wildman–Crippen MR) is 80.2 cm³/mol. The monoisotopic (exact) mass is 316 g/mol. The summed E-state index contributed by atoms with van der Waals surface area (Å²) < 4.78 is 14.7. The van der Waals surface area contributed by atoms with Gasteiger partial charge in [-0.05, 0) is 12.8 Å². The summed E-state index contributed by atoms with van der Waals surface area (Å²) >= 11 is 0. The lowest BCUT2D eigenvalue weighted by atomic mass is 10.2. The van der Waals surface area contributed by atoms with E-state index in [1.807, 2.05) is 16.8 Å². The second-order valence-corrected chi connectivity index (χ2v) is 5.95. The first kappa shape index (κ1) is 14.1. The van der Waals surface area contributed by atoms with Gasteiger partial charge in [0.05, 0.1) is 31.2 Å². The number of hydrogen-bond acceptors (Lipinski definition) is 5. The van der Waals surface area contributed by atoms with E-state index in [-0.39, 0.29) is 5.91 Å². The van der Waals surface area contributed by atoms with Gasteiger partial charge in [0.25, 0.3) is 5.91 Å². The Morgan fingerprint density at radius 1 is 1.17 bits per heavy atom. The predicted octanol–water partition coefficient (Wildman–Crippen LogP) is 1.11. The molecule has 0 saturated carbocycles. The molecule has 4 rings (SSSR count). The minimum Gasteiger partial charge on any atom is -0.337 e. The standard InChI is InChI=1S/C15H17FN6O/c1-20-12-9-22(15-17-6-10(16)7-18-15)8-11(12)13(19-20)14(23)21-4-2-3-5-21/h6-7H,2-5,8-9H2,1H3. The molecule has 1 amide bonds. The summed E-state index contributed by atoms with van der Waals surface area (Å²) in [5.41, 5.74) is 2.44. The fourth-order valence-corrected chi connectivity index (χ4v) is 3.25. The van der Waals surface area contributed by atoms with Gasteiger partial charge in [0.1, 0.15) is 0 Å². The third-order valence-electron chi connectivity index (χ3n) is 4.45. The van der Waals surface area contributed by atoms with E-state index in [2.05, 4.69) is 15.1 Å². The second kappa shape index (κ2) is 5.29. The Bertz CT molecular complexity index is 750. The lowest BCUT2D eigenvalue weighted by Gasteiger charge is -2.17. The minimum absolute atomic E-state index is 0.00113. The molecule has 0 N–H and O–H groups in total. The molecule has 4 heterocycles. The molecule has 2 aromatic heterocycles. The molecule has 8 heteroatoms. The molecule has 2 aromatic rings. The van der Waals surface area contributed by atoms with Gasteiger partial charge in [0, 0.05) is 25.7 Å². The van der Waals surface area contributed by atoms with Gasteiger partial charge in [-0.1, -0.05) is 0 Å². The van der Waals surface area contributed by atoms with Crippen LogP contribution in [-0.4, -0.2) is 43.6 Å². The molecule has 2 aliphatic rings. The van der Waals surface area contributed by atoms with E-state index in [1.165, 1.54) is 0 Å². The topological polar surface area (TPSA) is 67.2 Å². The van der Waals surface area contributed by atoms with Crippen molar-refractivity contribution in [3.05, 3.63) is 35.2 Å². The van der Waals surface area contributed by atoms with E-state index in [4.69, 9.17) is 0 Å². The highest BCUT2D eigenvalue weighted by molar-refractivity contribution is 5.94. The number of amides is 1. The molecule has 120 valence electrons. The van der Waals surface area contributed by atoms with Crippen molar-refractivity contribution in [2.45, 2.75) is 25.9 Å². The maximum absolute atomic E-state index is 13.0. The van der Waals surface area contributed by atoms with Crippen LogP contribution < -0.4 is 4.90 Å². The van der Waals surface area contributed by atoms with Crippen LogP contribution in [0.5, 0.6) is 0 Å². The maximum atomic E-state index is 13.0. The van der Waals surface area contributed by atoms with Crippen LogP contribution in [0.4, 0.5) is 10.3 Å². The van der Waals surface area contributed by atoms with Gasteiger partial charge in [-0.25, -0.2) is 14.4 Å². The summed E-state index contributed by atoms with van der Waals surface area (Å²) in [6, 6.07) is 0. The zero-order valence-electron chi connectivity index (χ0n) is 12.9. The second-order valence-electron chi connectivity index (χ2n) is 5.95. The van der Waals surface area contributed by atoms with Crippen molar-refractivity contribution in [2.24, 2.45) is 7.05 Å². The number of fused-ring (bicyclic) bond motifs is 1. The summed E-state index contributed by atoms with van der Waals surface area (Å²) in [5, 5.41) is 4.42. The highest BCUT2D eigenvalue weighted by Crippen LogP contribution is 2.29. The number of anilines is 1. The van der Waals surface area contributed by atoms with Gasteiger partial charge in [0.2, 0.25) is 5.95 Å². The van der Waals surface area contributed by atoms with Gasteiger partial charge in [-0.15, -0.1) is 0 Å². The first-order valence-corrected chi connectivity index (χ1v) is 7.70. The lowest BCUT2D eigenvalue weighted by Crippen LogP contribution is -2.29. The van der Waals surface area contributed by atoms with E-state index >= 15 is 0 Å². The summed E-state index contributed by atoms with van der Waals surface area (Å²) in [6.45, 7) is 2.69. The highest BCUT2D eigenvalue weighted by atomic mass is 19.1. The molecule has 0 spiro atoms. The fourth-order valence-electron chi connectivity index (χ4n) is 3.25. The average molecular weight is 316 g/mol. The Morgan fingerprint density at radius 2 is 1.87 bits per heavy atom. The van der Waals surface area contributed by atoms with E-state index in [0.29, 0.717) is 24.7 Å². The SMILES string of the molecule is Cn1nc(C(=O)N2CCCC2)c2c1CN(c1ncc(F)cn1)C2. The number of carbonyl (C=O) groups excluding carboxylic acids is 1. The van der Waals surface area contributed by atoms with Crippen LogP contribution in [-0.2, 0) is 20.1 Å². The zero-order valence-corrected chi connectivity index (χ0v) is 12.9. The van der Waals surface area contributed by atoms with Gasteiger partial charge in [-0.2, -0.15) is 5.10 Å². The molecular formula is C15H17FN6O. The van der Waals surface area contributed by atoms with Gasteiger partial charge < -0.3 is 9.80 Å². The maximum Gasteiger partial charge on any atom is 0.274 e. The van der Waals surface area contributed by atoms with E-state index in [1.54, 1.807) is 4.68 Å². The van der Waals surface area contributed by atoms with Crippen molar-refractivity contribution in [3.63, 3.8) is 0 Å². The Morgan fingerprint density at radius 3 is 2.57 bits per heavy atom. The molecule has 0 radical (unpaired) electrons. The number of halogens is 1. The van der Waals surface area contributed by atoms with Gasteiger partial charge >= 0.3 is 0 Å². The summed E-state index contributed by atoms with van der Waals surface area (Å²) in [4.78, 5) is 24.5. The van der Waals surface area contributed by atoms with E-state index in [9.17, 15) is 9.18 Å². The lowest BCUT2D eigenvalue weighted by molar-refractivity contribution is 0.0785. The summed E-state index contributed by atoms with van der Waals surface area (Å²) in [5.74, 6) is 0.000393. The van der Waals surface area contributed by atoms with Crippen LogP contribution in [0.3, 0.4) is 0 Å². The van der Waals surface area contributed by atoms with Crippen molar-refractivity contribution in [3.8, 4) is 0 Å². The average Bonchev–Trinajstić information content (AvgIpc) is 3.25. The number of aromatic nitrogens is 4. The summed E-state index contributed by atoms with van der Waals surface area (Å²) in [7, 11) is 1.84. The van der Waals surface area contributed by atoms with E-state index < -0.39 is 5.82 Å². The molecule has 0 unspecified atom stereocenters. The normalized spacial score (nSPS) is 17.0. The zero-order chi connectivity index (χ0) is 16.0. The van der Waals surface area contributed by atoms with Crippen molar-refractivity contribution in [2.75, 3.05) is 18.0 Å². The Hall–Kier alpha value is -2.51. The third kappa shape index (κ3) is 2.34. The van der Waals surface area contributed by atoms with E-state index in [0.717, 1.165) is 49.6 Å². The number of rotatable bonds is 2. The molecule has 0 aliphatic carbocycles. The quantitative estimate of drug-likeness (QED) is 0.830. The van der Waals surface area contributed by atoms with Crippen LogP contribution in [0, 0.1) is 5.82 Å². The van der Waals surface area contributed by atoms with Crippen LogP contribution >= 0.6 is 0 Å². The van der Waals surface area contributed by atoms with Crippen LogP contribution in [0.15, 0.2) is 12.4 Å². The van der Waals surface area contributed by atoms with Crippen LogP contribution in [0.1, 0.15) is 34.6 Å². The smallest absolute Gasteiger partial charge is 0.274 e. The third-order valence-corrected chi connectivity index (χ3v) is 4.45. The van der Waals surface area contributed by atoms with Crippen molar-refractivity contribution in [1.82, 2.24) is 24.6 Å². The van der Waals surface area contributed by atoms with Crippen LogP contribution in [0.25, 0.3) is 0 Å². The Kier molecular flexibility index (Phi) is 3.24. The van der Waals surface area contributed by atoms with Crippen molar-refractivity contribution >= 4 is 11.9 Å². The molecule has 1 saturated heterocycles. The first-order valence-electron chi connectivity index (χ1n) is 7.70. The van der Waals surface area contributed by atoms with Crippen LogP contribution in [0.2, 0.25) is 0 Å². The number of carbonyl (C=O) groups is 1. The molecule has 0 aromatic carbocycles. The molecule has 23 heavy (non-hydrogen) atoms. The Labute approximate surface area is 132 Å². The molecule has 7 nitrogen and oxygen atoms in total. The molecule has 0 bridgehead atoms. The number of nitrogens with zero attached hydrogens (tertiary/aromatic N) is 6. The fraction of sp³-hybridized carbons (Fsp3) is 0.467. The molecule has 2 aliphatic heterocycles. The van der Waals surface area contributed by atoms with Crippen molar-refractivity contribution < 1.29 is 9.18 Å². The number of aryl methyl sites for hydroxylation is 1. The highest BCUT2D eigenvalue weighted by Gasteiger charge is 2.33. The summed E-state index contributed by atoms with van der Waals surface area (Å²) in [6.07, 6.45) is 4.41. The Balaban J connectivity index is 1.62. The first-order chi connectivity index (χ1) is 11.1. The molecule has 1 fully saturated rings. The number of likely N-dealkylation sites (tertiary alicyclic amines) is 1.